The molecule has 17 heavy (non-hydrogen) atoms. The number of hydrogen-bond acceptors (Lipinski definition) is 4. The first-order valence-electron chi connectivity index (χ1n) is 6.19. The van der Waals surface area contributed by atoms with E-state index in [9.17, 15) is 9.90 Å². The van der Waals surface area contributed by atoms with Crippen molar-refractivity contribution in [3.63, 3.8) is 0 Å². The number of aliphatic hydroxyl groups excluding tert-OH is 1. The van der Waals surface area contributed by atoms with Crippen LogP contribution in [0.15, 0.2) is 0 Å². The molecule has 0 aromatic carbocycles. The largest absolute Gasteiger partial charge is 0.393 e. The summed E-state index contributed by atoms with van der Waals surface area (Å²) in [4.78, 5) is 13.8. The van der Waals surface area contributed by atoms with Crippen molar-refractivity contribution in [2.75, 3.05) is 33.9 Å². The molecule has 1 aliphatic rings. The number of carbonyl (C=O) groups excluding carboxylic acids is 1. The molecule has 1 saturated carbocycles. The molecule has 0 saturated heterocycles. The molecule has 1 rings (SSSR count). The predicted molar refractivity (Wildman–Crippen MR) is 65.7 cm³/mol. The standard InChI is InChI=1S/C12H24N2O3/c1-9(12(16)13-4-5-17-3)14(2)8-10-6-11(15)7-10/h9-11,15H,4-8H2,1-3H3,(H,13,16). The molecule has 2 N–H and O–H groups in total. The summed E-state index contributed by atoms with van der Waals surface area (Å²) < 4.78 is 4.88. The van der Waals surface area contributed by atoms with Crippen LogP contribution in [0.5, 0.6) is 0 Å². The van der Waals surface area contributed by atoms with Crippen molar-refractivity contribution in [2.45, 2.75) is 31.9 Å². The molecule has 5 heteroatoms. The quantitative estimate of drug-likeness (QED) is 0.611. The highest BCUT2D eigenvalue weighted by atomic mass is 16.5. The maximum atomic E-state index is 11.8. The van der Waals surface area contributed by atoms with Crippen molar-refractivity contribution >= 4 is 5.91 Å². The summed E-state index contributed by atoms with van der Waals surface area (Å²) in [6, 6.07) is -0.135. The van der Waals surface area contributed by atoms with Crippen LogP contribution in [0.2, 0.25) is 0 Å². The third kappa shape index (κ3) is 4.61. The van der Waals surface area contributed by atoms with Crippen LogP contribution in [0.3, 0.4) is 0 Å². The van der Waals surface area contributed by atoms with Crippen LogP contribution >= 0.6 is 0 Å². The van der Waals surface area contributed by atoms with E-state index in [0.29, 0.717) is 19.1 Å². The average molecular weight is 244 g/mol. The Bertz CT molecular complexity index is 242. The molecule has 100 valence electrons. The number of ether oxygens (including phenoxy) is 1. The van der Waals surface area contributed by atoms with Gasteiger partial charge in [0.05, 0.1) is 18.8 Å². The van der Waals surface area contributed by atoms with Gasteiger partial charge in [-0.3, -0.25) is 9.69 Å². The third-order valence-corrected chi connectivity index (χ3v) is 3.40. The highest BCUT2D eigenvalue weighted by molar-refractivity contribution is 5.81. The third-order valence-electron chi connectivity index (χ3n) is 3.40. The van der Waals surface area contributed by atoms with E-state index in [0.717, 1.165) is 19.4 Å². The average Bonchev–Trinajstić information content (AvgIpc) is 2.26. The second kappa shape index (κ2) is 6.93. The molecule has 1 aliphatic carbocycles. The Labute approximate surface area is 103 Å². The Kier molecular flexibility index (Phi) is 5.88. The first-order valence-corrected chi connectivity index (χ1v) is 6.19. The van der Waals surface area contributed by atoms with Crippen molar-refractivity contribution in [3.05, 3.63) is 0 Å². The Morgan fingerprint density at radius 2 is 2.24 bits per heavy atom. The number of likely N-dealkylation sites (N-methyl/N-ethyl adjacent to an activating group) is 1. The van der Waals surface area contributed by atoms with Gasteiger partial charge >= 0.3 is 0 Å². The van der Waals surface area contributed by atoms with Gasteiger partial charge in [0.15, 0.2) is 0 Å². The van der Waals surface area contributed by atoms with Crippen molar-refractivity contribution in [2.24, 2.45) is 5.92 Å². The summed E-state index contributed by atoms with van der Waals surface area (Å²) in [5.41, 5.74) is 0. The highest BCUT2D eigenvalue weighted by Gasteiger charge is 2.30. The number of carbonyl (C=O) groups is 1. The first-order chi connectivity index (χ1) is 8.04. The van der Waals surface area contributed by atoms with Gasteiger partial charge in [-0.1, -0.05) is 0 Å². The summed E-state index contributed by atoms with van der Waals surface area (Å²) >= 11 is 0. The maximum absolute atomic E-state index is 11.8. The summed E-state index contributed by atoms with van der Waals surface area (Å²) in [5, 5.41) is 12.0. The van der Waals surface area contributed by atoms with Gasteiger partial charge in [-0.25, -0.2) is 0 Å². The molecule has 1 fully saturated rings. The van der Waals surface area contributed by atoms with Crippen molar-refractivity contribution in [1.82, 2.24) is 10.2 Å². The Hall–Kier alpha value is -0.650. The number of amides is 1. The van der Waals surface area contributed by atoms with Crippen molar-refractivity contribution in [1.29, 1.82) is 0 Å². The summed E-state index contributed by atoms with van der Waals surface area (Å²) in [5.74, 6) is 0.564. The summed E-state index contributed by atoms with van der Waals surface area (Å²) in [6.45, 7) is 3.86. The van der Waals surface area contributed by atoms with Crippen molar-refractivity contribution in [3.8, 4) is 0 Å². The van der Waals surface area contributed by atoms with E-state index in [1.807, 2.05) is 18.9 Å². The lowest BCUT2D eigenvalue weighted by Crippen LogP contribution is -2.47. The molecule has 1 amide bonds. The fourth-order valence-corrected chi connectivity index (χ4v) is 2.04. The van der Waals surface area contributed by atoms with Crippen molar-refractivity contribution < 1.29 is 14.6 Å². The maximum Gasteiger partial charge on any atom is 0.237 e. The molecular formula is C12H24N2O3. The van der Waals surface area contributed by atoms with Crippen LogP contribution < -0.4 is 5.32 Å². The van der Waals surface area contributed by atoms with E-state index in [1.165, 1.54) is 0 Å². The monoisotopic (exact) mass is 244 g/mol. The van der Waals surface area contributed by atoms with Crippen LogP contribution in [-0.2, 0) is 9.53 Å². The van der Waals surface area contributed by atoms with E-state index in [1.54, 1.807) is 7.11 Å². The molecular weight excluding hydrogens is 220 g/mol. The second-order valence-corrected chi connectivity index (χ2v) is 4.89. The Morgan fingerprint density at radius 3 is 2.76 bits per heavy atom. The zero-order chi connectivity index (χ0) is 12.8. The van der Waals surface area contributed by atoms with E-state index in [-0.39, 0.29) is 18.1 Å². The van der Waals surface area contributed by atoms with Gasteiger partial charge < -0.3 is 15.2 Å². The number of nitrogens with zero attached hydrogens (tertiary/aromatic N) is 1. The van der Waals surface area contributed by atoms with E-state index in [4.69, 9.17) is 4.74 Å². The van der Waals surface area contributed by atoms with Crippen LogP contribution in [-0.4, -0.2) is 61.9 Å². The fourth-order valence-electron chi connectivity index (χ4n) is 2.04. The summed E-state index contributed by atoms with van der Waals surface area (Å²) in [7, 11) is 3.56. The number of methoxy groups -OCH3 is 1. The van der Waals surface area contributed by atoms with Gasteiger partial charge in [-0.05, 0) is 32.7 Å². The number of rotatable bonds is 7. The van der Waals surface area contributed by atoms with E-state index >= 15 is 0 Å². The lowest BCUT2D eigenvalue weighted by molar-refractivity contribution is -0.126. The lowest BCUT2D eigenvalue weighted by Gasteiger charge is -2.36. The zero-order valence-electron chi connectivity index (χ0n) is 11.0. The Balaban J connectivity index is 2.20. The van der Waals surface area contributed by atoms with Crippen LogP contribution in [0.4, 0.5) is 0 Å². The van der Waals surface area contributed by atoms with E-state index in [2.05, 4.69) is 5.32 Å². The Morgan fingerprint density at radius 1 is 1.59 bits per heavy atom. The molecule has 0 aliphatic heterocycles. The molecule has 0 aromatic heterocycles. The highest BCUT2D eigenvalue weighted by Crippen LogP contribution is 2.27. The van der Waals surface area contributed by atoms with Gasteiger partial charge in [0.1, 0.15) is 0 Å². The molecule has 1 unspecified atom stereocenters. The van der Waals surface area contributed by atoms with Crippen LogP contribution in [0.25, 0.3) is 0 Å². The minimum Gasteiger partial charge on any atom is -0.393 e. The normalized spacial score (nSPS) is 25.5. The zero-order valence-corrected chi connectivity index (χ0v) is 11.0. The summed E-state index contributed by atoms with van der Waals surface area (Å²) in [6.07, 6.45) is 1.60. The van der Waals surface area contributed by atoms with Crippen LogP contribution in [0.1, 0.15) is 19.8 Å². The predicted octanol–water partition coefficient (Wildman–Crippen LogP) is -0.160. The smallest absolute Gasteiger partial charge is 0.237 e. The molecule has 1 atom stereocenters. The molecule has 0 heterocycles. The first kappa shape index (κ1) is 14.4. The second-order valence-electron chi connectivity index (χ2n) is 4.89. The molecule has 5 nitrogen and oxygen atoms in total. The lowest BCUT2D eigenvalue weighted by atomic mass is 9.82. The van der Waals surface area contributed by atoms with E-state index < -0.39 is 0 Å². The SMILES string of the molecule is COCCNC(=O)C(C)N(C)CC1CC(O)C1. The minimum absolute atomic E-state index is 0.0319. The molecule has 0 aromatic rings. The topological polar surface area (TPSA) is 61.8 Å². The van der Waals surface area contributed by atoms with Gasteiger partial charge in [-0.2, -0.15) is 0 Å². The van der Waals surface area contributed by atoms with Gasteiger partial charge in [0, 0.05) is 20.2 Å². The van der Waals surface area contributed by atoms with Gasteiger partial charge in [0.2, 0.25) is 5.91 Å². The number of hydrogen-bond donors (Lipinski definition) is 2. The molecule has 0 bridgehead atoms. The minimum atomic E-state index is -0.135. The number of aliphatic hydroxyl groups is 1. The molecule has 0 radical (unpaired) electrons. The fraction of sp³-hybridized carbons (Fsp3) is 0.917. The molecule has 0 spiro atoms. The van der Waals surface area contributed by atoms with Gasteiger partial charge in [-0.15, -0.1) is 0 Å². The van der Waals surface area contributed by atoms with Gasteiger partial charge in [0.25, 0.3) is 0 Å². The number of nitrogens with one attached hydrogen (secondary N) is 1. The van der Waals surface area contributed by atoms with Crippen LogP contribution in [0, 0.1) is 5.92 Å².